The quantitative estimate of drug-likeness (QED) is 0.367. The third kappa shape index (κ3) is 6.38. The second-order valence-corrected chi connectivity index (χ2v) is 2.78. The summed E-state index contributed by atoms with van der Waals surface area (Å²) in [6, 6.07) is 0. The van der Waals surface area contributed by atoms with Crippen LogP contribution in [0, 0.1) is 0 Å². The third-order valence-corrected chi connectivity index (χ3v) is 1.48. The number of nitrogens with two attached hydrogens (primary N) is 1. The van der Waals surface area contributed by atoms with Gasteiger partial charge in [-0.15, -0.1) is 0 Å². The Morgan fingerprint density at radius 1 is 1.36 bits per heavy atom. The molecular formula is C8H15NO5. The highest BCUT2D eigenvalue weighted by Gasteiger charge is 2.19. The average molecular weight is 205 g/mol. The Balaban J connectivity index is 3.57. The largest absolute Gasteiger partial charge is 0.481 e. The fourth-order valence-corrected chi connectivity index (χ4v) is 0.764. The van der Waals surface area contributed by atoms with Crippen molar-refractivity contribution in [2.24, 2.45) is 5.73 Å². The highest BCUT2D eigenvalue weighted by atomic mass is 16.5. The summed E-state index contributed by atoms with van der Waals surface area (Å²) in [5, 5.41) is 17.2. The minimum Gasteiger partial charge on any atom is -0.481 e. The molecule has 6 nitrogen and oxygen atoms in total. The van der Waals surface area contributed by atoms with Gasteiger partial charge < -0.3 is 20.7 Å². The zero-order chi connectivity index (χ0) is 11.0. The molecule has 82 valence electrons. The van der Waals surface area contributed by atoms with Crippen LogP contribution in [0.4, 0.5) is 0 Å². The van der Waals surface area contributed by atoms with Crippen LogP contribution < -0.4 is 5.73 Å². The molecule has 1 unspecified atom stereocenters. The lowest BCUT2D eigenvalue weighted by molar-refractivity contribution is -0.158. The average Bonchev–Trinajstić information content (AvgIpc) is 2.11. The summed E-state index contributed by atoms with van der Waals surface area (Å²) in [5.41, 5.74) is 5.20. The molecule has 0 fully saturated rings. The maximum Gasteiger partial charge on any atom is 0.335 e. The zero-order valence-corrected chi connectivity index (χ0v) is 7.81. The molecule has 0 aromatic rings. The zero-order valence-electron chi connectivity index (χ0n) is 7.81. The summed E-state index contributed by atoms with van der Waals surface area (Å²) in [6.07, 6.45) is -0.870. The van der Waals surface area contributed by atoms with Gasteiger partial charge in [-0.1, -0.05) is 0 Å². The number of hydrogen-bond donors (Lipinski definition) is 3. The SMILES string of the molecule is NCCCCOC(=O)C(O)CC(=O)O. The van der Waals surface area contributed by atoms with E-state index in [1.165, 1.54) is 0 Å². The number of aliphatic hydroxyl groups is 1. The summed E-state index contributed by atoms with van der Waals surface area (Å²) < 4.78 is 4.60. The number of carbonyl (C=O) groups excluding carboxylic acids is 1. The van der Waals surface area contributed by atoms with Gasteiger partial charge in [-0.2, -0.15) is 0 Å². The number of hydrogen-bond acceptors (Lipinski definition) is 5. The van der Waals surface area contributed by atoms with Crippen LogP contribution in [0.5, 0.6) is 0 Å². The first-order chi connectivity index (χ1) is 6.57. The van der Waals surface area contributed by atoms with E-state index in [9.17, 15) is 9.59 Å². The fourth-order valence-electron chi connectivity index (χ4n) is 0.764. The molecule has 4 N–H and O–H groups in total. The fraction of sp³-hybridized carbons (Fsp3) is 0.750. The van der Waals surface area contributed by atoms with Crippen molar-refractivity contribution in [3.05, 3.63) is 0 Å². The van der Waals surface area contributed by atoms with Gasteiger partial charge in [0.05, 0.1) is 13.0 Å². The molecule has 0 rings (SSSR count). The van der Waals surface area contributed by atoms with Gasteiger partial charge in [0, 0.05) is 0 Å². The molecule has 0 heterocycles. The number of carboxylic acid groups (broad SMARTS) is 1. The molecule has 0 aliphatic rings. The first-order valence-electron chi connectivity index (χ1n) is 4.34. The second-order valence-electron chi connectivity index (χ2n) is 2.78. The minimum absolute atomic E-state index is 0.159. The first kappa shape index (κ1) is 12.9. The number of aliphatic hydroxyl groups excluding tert-OH is 1. The molecule has 0 bridgehead atoms. The van der Waals surface area contributed by atoms with Gasteiger partial charge in [-0.05, 0) is 19.4 Å². The van der Waals surface area contributed by atoms with Crippen LogP contribution in [0.2, 0.25) is 0 Å². The van der Waals surface area contributed by atoms with Crippen molar-refractivity contribution in [2.75, 3.05) is 13.2 Å². The maximum atomic E-state index is 10.9. The molecule has 0 aliphatic carbocycles. The van der Waals surface area contributed by atoms with Gasteiger partial charge in [-0.3, -0.25) is 4.79 Å². The van der Waals surface area contributed by atoms with E-state index < -0.39 is 24.5 Å². The highest BCUT2D eigenvalue weighted by Crippen LogP contribution is 1.97. The van der Waals surface area contributed by atoms with E-state index in [-0.39, 0.29) is 6.61 Å². The van der Waals surface area contributed by atoms with Gasteiger partial charge in [0.1, 0.15) is 0 Å². The molecule has 0 aliphatic heterocycles. The Morgan fingerprint density at radius 3 is 2.50 bits per heavy atom. The van der Waals surface area contributed by atoms with E-state index in [0.29, 0.717) is 13.0 Å². The molecule has 14 heavy (non-hydrogen) atoms. The van der Waals surface area contributed by atoms with Crippen LogP contribution in [-0.2, 0) is 14.3 Å². The lowest BCUT2D eigenvalue weighted by Crippen LogP contribution is -2.26. The molecule has 1 atom stereocenters. The predicted molar refractivity (Wildman–Crippen MR) is 47.5 cm³/mol. The van der Waals surface area contributed by atoms with Crippen molar-refractivity contribution in [2.45, 2.75) is 25.4 Å². The van der Waals surface area contributed by atoms with Gasteiger partial charge in [-0.25, -0.2) is 4.79 Å². The first-order valence-corrected chi connectivity index (χ1v) is 4.34. The number of ether oxygens (including phenoxy) is 1. The monoisotopic (exact) mass is 205 g/mol. The van der Waals surface area contributed by atoms with Crippen molar-refractivity contribution in [1.29, 1.82) is 0 Å². The molecule has 0 aromatic carbocycles. The lowest BCUT2D eigenvalue weighted by atomic mass is 10.2. The number of carbonyl (C=O) groups is 2. The molecular weight excluding hydrogens is 190 g/mol. The molecule has 0 spiro atoms. The van der Waals surface area contributed by atoms with Crippen LogP contribution in [0.15, 0.2) is 0 Å². The standard InChI is InChI=1S/C8H15NO5/c9-3-1-2-4-14-8(13)6(10)5-7(11)12/h6,10H,1-5,9H2,(H,11,12). The van der Waals surface area contributed by atoms with Crippen molar-refractivity contribution >= 4 is 11.9 Å². The van der Waals surface area contributed by atoms with Crippen molar-refractivity contribution in [3.63, 3.8) is 0 Å². The number of aliphatic carboxylic acids is 1. The smallest absolute Gasteiger partial charge is 0.335 e. The Hall–Kier alpha value is -1.14. The normalized spacial score (nSPS) is 12.1. The van der Waals surface area contributed by atoms with Gasteiger partial charge in [0.2, 0.25) is 0 Å². The van der Waals surface area contributed by atoms with Crippen LogP contribution in [-0.4, -0.2) is 41.4 Å². The van der Waals surface area contributed by atoms with Crippen LogP contribution >= 0.6 is 0 Å². The highest BCUT2D eigenvalue weighted by molar-refractivity contribution is 5.80. The minimum atomic E-state index is -1.58. The Labute approximate surface area is 81.7 Å². The van der Waals surface area contributed by atoms with E-state index >= 15 is 0 Å². The van der Waals surface area contributed by atoms with Gasteiger partial charge in [0.15, 0.2) is 6.10 Å². The van der Waals surface area contributed by atoms with Gasteiger partial charge >= 0.3 is 11.9 Å². The number of esters is 1. The summed E-state index contributed by atoms with van der Waals surface area (Å²) in [6.45, 7) is 0.669. The predicted octanol–water partition coefficient (Wildman–Crippen LogP) is -0.896. The molecule has 0 aromatic heterocycles. The topological polar surface area (TPSA) is 110 Å². The van der Waals surface area contributed by atoms with Crippen molar-refractivity contribution < 1.29 is 24.5 Å². The Kier molecular flexibility index (Phi) is 6.69. The van der Waals surface area contributed by atoms with Crippen LogP contribution in [0.25, 0.3) is 0 Å². The lowest BCUT2D eigenvalue weighted by Gasteiger charge is -2.07. The molecule has 0 radical (unpaired) electrons. The van der Waals surface area contributed by atoms with Gasteiger partial charge in [0.25, 0.3) is 0 Å². The Morgan fingerprint density at radius 2 is 2.00 bits per heavy atom. The summed E-state index contributed by atoms with van der Waals surface area (Å²) in [7, 11) is 0. The summed E-state index contributed by atoms with van der Waals surface area (Å²) in [5.74, 6) is -2.14. The van der Waals surface area contributed by atoms with Crippen LogP contribution in [0.1, 0.15) is 19.3 Å². The molecule has 0 saturated carbocycles. The number of carboxylic acids is 1. The van der Waals surface area contributed by atoms with E-state index in [0.717, 1.165) is 6.42 Å². The third-order valence-electron chi connectivity index (χ3n) is 1.48. The van der Waals surface area contributed by atoms with Crippen molar-refractivity contribution in [3.8, 4) is 0 Å². The maximum absolute atomic E-state index is 10.9. The molecule has 0 saturated heterocycles. The van der Waals surface area contributed by atoms with Crippen LogP contribution in [0.3, 0.4) is 0 Å². The summed E-state index contributed by atoms with van der Waals surface area (Å²) >= 11 is 0. The molecule has 0 amide bonds. The van der Waals surface area contributed by atoms with Crippen molar-refractivity contribution in [1.82, 2.24) is 0 Å². The summed E-state index contributed by atoms with van der Waals surface area (Å²) in [4.78, 5) is 21.0. The van der Waals surface area contributed by atoms with E-state index in [1.54, 1.807) is 0 Å². The van der Waals surface area contributed by atoms with E-state index in [1.807, 2.05) is 0 Å². The number of rotatable bonds is 7. The molecule has 6 heteroatoms. The van der Waals surface area contributed by atoms with E-state index in [4.69, 9.17) is 15.9 Å². The second kappa shape index (κ2) is 7.28. The number of unbranched alkanes of at least 4 members (excludes halogenated alkanes) is 1. The van der Waals surface area contributed by atoms with E-state index in [2.05, 4.69) is 4.74 Å². The Bertz CT molecular complexity index is 194.